The van der Waals surface area contributed by atoms with E-state index in [1.54, 1.807) is 13.2 Å². The Morgan fingerprint density at radius 3 is 2.68 bits per heavy atom. The quantitative estimate of drug-likeness (QED) is 0.571. The highest BCUT2D eigenvalue weighted by Gasteiger charge is 2.35. The van der Waals surface area contributed by atoms with Crippen molar-refractivity contribution in [1.29, 1.82) is 0 Å². The van der Waals surface area contributed by atoms with E-state index in [0.717, 1.165) is 6.07 Å². The van der Waals surface area contributed by atoms with Crippen LogP contribution in [0.5, 0.6) is 0 Å². The fraction of sp³-hybridized carbons (Fsp3) is 0.200. The van der Waals surface area contributed by atoms with Gasteiger partial charge in [-0.3, -0.25) is 19.0 Å². The molecule has 0 aliphatic rings. The summed E-state index contributed by atoms with van der Waals surface area (Å²) in [5.41, 5.74) is -1.94. The Morgan fingerprint density at radius 2 is 2.12 bits per heavy atom. The number of allylic oxidation sites excluding steroid dienone is 1. The van der Waals surface area contributed by atoms with Crippen LogP contribution in [0.15, 0.2) is 35.8 Å². The molecule has 130 valence electrons. The Morgan fingerprint density at radius 1 is 1.40 bits per heavy atom. The molecule has 10 heteroatoms. The molecule has 3 aromatic heterocycles. The number of nitrogens with zero attached hydrogens (tertiary/aromatic N) is 4. The minimum Gasteiger partial charge on any atom is -0.299 e. The van der Waals surface area contributed by atoms with Crippen LogP contribution < -0.4 is 5.56 Å². The molecule has 0 aromatic carbocycles. The Labute approximate surface area is 144 Å². The third kappa shape index (κ3) is 3.00. The van der Waals surface area contributed by atoms with E-state index in [1.165, 1.54) is 21.4 Å². The molecule has 1 N–H and O–H groups in total. The lowest BCUT2D eigenvalue weighted by Crippen LogP contribution is -2.20. The lowest BCUT2D eigenvalue weighted by Gasteiger charge is -2.14. The molecular weight excluding hydrogens is 355 g/mol. The molecule has 0 saturated heterocycles. The Hall–Kier alpha value is -2.75. The number of hydrogen-bond donors (Lipinski definition) is 1. The summed E-state index contributed by atoms with van der Waals surface area (Å²) in [6.07, 6.45) is -1.70. The van der Waals surface area contributed by atoms with Gasteiger partial charge in [0.1, 0.15) is 11.3 Å². The predicted molar refractivity (Wildman–Crippen MR) is 88.6 cm³/mol. The summed E-state index contributed by atoms with van der Waals surface area (Å²) in [7, 11) is 1.64. The molecule has 0 aliphatic heterocycles. The number of fused-ring (bicyclic) bond motifs is 1. The van der Waals surface area contributed by atoms with Gasteiger partial charge in [-0.2, -0.15) is 18.3 Å². The summed E-state index contributed by atoms with van der Waals surface area (Å²) < 4.78 is 43.4. The predicted octanol–water partition coefficient (Wildman–Crippen LogP) is 3.06. The van der Waals surface area contributed by atoms with Crippen LogP contribution in [0.1, 0.15) is 5.56 Å². The van der Waals surface area contributed by atoms with Gasteiger partial charge in [-0.1, -0.05) is 6.08 Å². The first-order valence-electron chi connectivity index (χ1n) is 7.08. The first-order valence-corrected chi connectivity index (χ1v) is 7.49. The van der Waals surface area contributed by atoms with Crippen molar-refractivity contribution < 1.29 is 13.2 Å². The Kier molecular flexibility index (Phi) is 4.07. The molecule has 0 fully saturated rings. The average Bonchev–Trinajstić information content (AvgIpc) is 2.96. The van der Waals surface area contributed by atoms with Crippen LogP contribution in [0.4, 0.5) is 13.2 Å². The third-order valence-electron chi connectivity index (χ3n) is 3.54. The Bertz CT molecular complexity index is 1090. The van der Waals surface area contributed by atoms with Crippen molar-refractivity contribution in [2.75, 3.05) is 0 Å². The lowest BCUT2D eigenvalue weighted by molar-refractivity contribution is -0.136. The molecule has 6 nitrogen and oxygen atoms in total. The van der Waals surface area contributed by atoms with Gasteiger partial charge in [0.05, 0.1) is 16.6 Å². The summed E-state index contributed by atoms with van der Waals surface area (Å²) in [5.74, 6) is 0. The zero-order valence-corrected chi connectivity index (χ0v) is 13.8. The van der Waals surface area contributed by atoms with Gasteiger partial charge in [-0.05, 0) is 24.4 Å². The largest absolute Gasteiger partial charge is 0.417 e. The van der Waals surface area contributed by atoms with E-state index < -0.39 is 22.7 Å². The molecule has 25 heavy (non-hydrogen) atoms. The van der Waals surface area contributed by atoms with Crippen LogP contribution in [0.3, 0.4) is 0 Å². The molecule has 0 spiro atoms. The summed E-state index contributed by atoms with van der Waals surface area (Å²) in [4.78, 5) is 18.6. The van der Waals surface area contributed by atoms with Crippen LogP contribution in [0, 0.1) is 4.77 Å². The van der Waals surface area contributed by atoms with Gasteiger partial charge < -0.3 is 0 Å². The van der Waals surface area contributed by atoms with E-state index in [0.29, 0.717) is 0 Å². The smallest absolute Gasteiger partial charge is 0.299 e. The second kappa shape index (κ2) is 5.96. The van der Waals surface area contributed by atoms with Crippen LogP contribution in [-0.2, 0) is 19.8 Å². The highest BCUT2D eigenvalue weighted by molar-refractivity contribution is 7.71. The zero-order chi connectivity index (χ0) is 18.4. The number of hydrogen-bond acceptors (Lipinski definition) is 4. The zero-order valence-electron chi connectivity index (χ0n) is 13.0. The number of aromatic nitrogens is 5. The molecule has 0 bridgehead atoms. The third-order valence-corrected chi connectivity index (χ3v) is 3.86. The van der Waals surface area contributed by atoms with Crippen molar-refractivity contribution in [2.24, 2.45) is 7.05 Å². The highest BCUT2D eigenvalue weighted by Crippen LogP contribution is 2.35. The highest BCUT2D eigenvalue weighted by atomic mass is 32.1. The van der Waals surface area contributed by atoms with Gasteiger partial charge in [-0.15, -0.1) is 6.58 Å². The van der Waals surface area contributed by atoms with E-state index in [9.17, 15) is 18.0 Å². The minimum atomic E-state index is -4.74. The second-order valence-electron chi connectivity index (χ2n) is 5.28. The maximum atomic E-state index is 13.6. The van der Waals surface area contributed by atoms with E-state index in [4.69, 9.17) is 12.2 Å². The molecule has 0 atom stereocenters. The number of halogens is 3. The summed E-state index contributed by atoms with van der Waals surface area (Å²) >= 11 is 5.05. The monoisotopic (exact) mass is 367 g/mol. The normalized spacial score (nSPS) is 11.8. The topological polar surface area (TPSA) is 68.5 Å². The van der Waals surface area contributed by atoms with E-state index in [-0.39, 0.29) is 28.4 Å². The minimum absolute atomic E-state index is 0.00163. The van der Waals surface area contributed by atoms with Gasteiger partial charge in [0, 0.05) is 19.8 Å². The average molecular weight is 367 g/mol. The van der Waals surface area contributed by atoms with Crippen molar-refractivity contribution >= 4 is 23.3 Å². The van der Waals surface area contributed by atoms with Crippen molar-refractivity contribution in [3.63, 3.8) is 0 Å². The maximum Gasteiger partial charge on any atom is 0.417 e. The molecule has 0 amide bonds. The SMILES string of the molecule is C=CCn1c(=S)[nH]c(=O)c2c(C(F)(F)F)cc(-c3ccn(C)n3)nc21. The van der Waals surface area contributed by atoms with Crippen LogP contribution in [0.25, 0.3) is 22.4 Å². The van der Waals surface area contributed by atoms with Crippen molar-refractivity contribution in [2.45, 2.75) is 12.7 Å². The molecule has 3 rings (SSSR count). The van der Waals surface area contributed by atoms with Gasteiger partial charge in [0.15, 0.2) is 4.77 Å². The van der Waals surface area contributed by atoms with Crippen molar-refractivity contribution in [3.8, 4) is 11.4 Å². The molecule has 3 aromatic rings. The number of nitrogens with one attached hydrogen (secondary N) is 1. The molecular formula is C15H12F3N5OS. The van der Waals surface area contributed by atoms with Gasteiger partial charge in [-0.25, -0.2) is 4.98 Å². The standard InChI is InChI=1S/C15H12F3N5OS/c1-3-5-23-12-11(13(24)20-14(23)25)8(15(16,17)18)7-10(19-12)9-4-6-22(2)21-9/h3-4,6-7H,1,5H2,2H3,(H,20,24,25). The van der Waals surface area contributed by atoms with Crippen LogP contribution >= 0.6 is 12.2 Å². The lowest BCUT2D eigenvalue weighted by atomic mass is 10.1. The van der Waals surface area contributed by atoms with E-state index in [2.05, 4.69) is 21.6 Å². The summed E-state index contributed by atoms with van der Waals surface area (Å²) in [6.45, 7) is 3.66. The van der Waals surface area contributed by atoms with E-state index >= 15 is 0 Å². The number of aryl methyl sites for hydroxylation is 1. The van der Waals surface area contributed by atoms with Crippen molar-refractivity contribution in [1.82, 2.24) is 24.3 Å². The summed E-state index contributed by atoms with van der Waals surface area (Å²) in [5, 5.41) is 3.51. The maximum absolute atomic E-state index is 13.6. The molecule has 3 heterocycles. The first kappa shape index (κ1) is 17.1. The molecule has 0 saturated carbocycles. The number of rotatable bonds is 3. The molecule has 0 radical (unpaired) electrons. The van der Waals surface area contributed by atoms with Crippen LogP contribution in [-0.4, -0.2) is 24.3 Å². The number of aromatic amines is 1. The number of alkyl halides is 3. The fourth-order valence-corrected chi connectivity index (χ4v) is 2.73. The number of H-pyrrole nitrogens is 1. The van der Waals surface area contributed by atoms with Crippen molar-refractivity contribution in [3.05, 3.63) is 51.7 Å². The van der Waals surface area contributed by atoms with E-state index in [1.807, 2.05) is 0 Å². The van der Waals surface area contributed by atoms with Gasteiger partial charge in [0.2, 0.25) is 0 Å². The second-order valence-corrected chi connectivity index (χ2v) is 5.67. The Balaban J connectivity index is 2.50. The van der Waals surface area contributed by atoms with Gasteiger partial charge >= 0.3 is 6.18 Å². The molecule has 0 unspecified atom stereocenters. The van der Waals surface area contributed by atoms with Crippen LogP contribution in [0.2, 0.25) is 0 Å². The fourth-order valence-electron chi connectivity index (χ4n) is 2.48. The number of pyridine rings is 1. The first-order chi connectivity index (χ1) is 11.7. The summed E-state index contributed by atoms with van der Waals surface area (Å²) in [6, 6.07) is 2.36. The van der Waals surface area contributed by atoms with Gasteiger partial charge in [0.25, 0.3) is 5.56 Å². The molecule has 0 aliphatic carbocycles.